The van der Waals surface area contributed by atoms with Gasteiger partial charge in [0.15, 0.2) is 0 Å². The standard InChI is InChI=1S/C21H26N4O2S/c1-5-27-20(26)24-17-8-7-14(11-16(17)23)25-21(3,4)19-12(2)15-10-13(22)6-9-18(15)28-19/h6-11,25H,5,22-23H2,1-4H3,(H,24,26). The van der Waals surface area contributed by atoms with Crippen molar-refractivity contribution in [3.63, 3.8) is 0 Å². The molecule has 0 bridgehead atoms. The molecule has 0 saturated carbocycles. The number of thiophene rings is 1. The number of carbonyl (C=O) groups excluding carboxylic acids is 1. The van der Waals surface area contributed by atoms with Crippen molar-refractivity contribution in [2.24, 2.45) is 0 Å². The number of carbonyl (C=O) groups is 1. The third-order valence-electron chi connectivity index (χ3n) is 4.55. The largest absolute Gasteiger partial charge is 0.450 e. The normalized spacial score (nSPS) is 11.4. The third-order valence-corrected chi connectivity index (χ3v) is 6.14. The lowest BCUT2D eigenvalue weighted by molar-refractivity contribution is 0.168. The molecule has 1 aromatic heterocycles. The van der Waals surface area contributed by atoms with Crippen LogP contribution < -0.4 is 22.1 Å². The lowest BCUT2D eigenvalue weighted by atomic mass is 9.97. The predicted molar refractivity (Wildman–Crippen MR) is 119 cm³/mol. The number of amides is 1. The molecule has 1 heterocycles. The summed E-state index contributed by atoms with van der Waals surface area (Å²) in [5, 5.41) is 7.38. The Morgan fingerprint density at radius 2 is 1.93 bits per heavy atom. The molecule has 6 nitrogen and oxygen atoms in total. The smallest absolute Gasteiger partial charge is 0.411 e. The molecule has 6 N–H and O–H groups in total. The van der Waals surface area contributed by atoms with Crippen molar-refractivity contribution >= 4 is 50.3 Å². The first-order valence-electron chi connectivity index (χ1n) is 9.12. The van der Waals surface area contributed by atoms with Crippen LogP contribution in [0.5, 0.6) is 0 Å². The minimum Gasteiger partial charge on any atom is -0.450 e. The van der Waals surface area contributed by atoms with E-state index in [4.69, 9.17) is 16.2 Å². The maximum Gasteiger partial charge on any atom is 0.411 e. The first-order chi connectivity index (χ1) is 13.2. The summed E-state index contributed by atoms with van der Waals surface area (Å²) in [4.78, 5) is 12.8. The first kappa shape index (κ1) is 19.8. The van der Waals surface area contributed by atoms with Crippen molar-refractivity contribution in [1.29, 1.82) is 0 Å². The Morgan fingerprint density at radius 3 is 2.61 bits per heavy atom. The Morgan fingerprint density at radius 1 is 1.18 bits per heavy atom. The number of rotatable bonds is 5. The van der Waals surface area contributed by atoms with E-state index in [1.54, 1.807) is 24.3 Å². The fourth-order valence-corrected chi connectivity index (χ4v) is 4.53. The van der Waals surface area contributed by atoms with E-state index in [-0.39, 0.29) is 5.54 Å². The van der Waals surface area contributed by atoms with Gasteiger partial charge in [-0.2, -0.15) is 0 Å². The summed E-state index contributed by atoms with van der Waals surface area (Å²) in [7, 11) is 0. The number of hydrogen-bond acceptors (Lipinski definition) is 6. The van der Waals surface area contributed by atoms with E-state index in [9.17, 15) is 4.79 Å². The topological polar surface area (TPSA) is 102 Å². The molecule has 0 atom stereocenters. The lowest BCUT2D eigenvalue weighted by Gasteiger charge is -2.28. The number of nitrogen functional groups attached to an aromatic ring is 2. The first-order valence-corrected chi connectivity index (χ1v) is 9.93. The van der Waals surface area contributed by atoms with E-state index < -0.39 is 6.09 Å². The second kappa shape index (κ2) is 7.59. The van der Waals surface area contributed by atoms with Crippen LogP contribution >= 0.6 is 11.3 Å². The van der Waals surface area contributed by atoms with Crippen LogP contribution in [0.4, 0.5) is 27.5 Å². The Balaban J connectivity index is 1.85. The van der Waals surface area contributed by atoms with Crippen molar-refractivity contribution in [2.75, 3.05) is 28.7 Å². The minimum atomic E-state index is -0.518. The number of nitrogens with one attached hydrogen (secondary N) is 2. The van der Waals surface area contributed by atoms with Crippen molar-refractivity contribution in [3.05, 3.63) is 46.8 Å². The molecule has 7 heteroatoms. The van der Waals surface area contributed by atoms with E-state index >= 15 is 0 Å². The lowest BCUT2D eigenvalue weighted by Crippen LogP contribution is -2.27. The van der Waals surface area contributed by atoms with Gasteiger partial charge >= 0.3 is 6.09 Å². The molecule has 28 heavy (non-hydrogen) atoms. The highest BCUT2D eigenvalue weighted by Gasteiger charge is 2.26. The average Bonchev–Trinajstić information content (AvgIpc) is 2.94. The number of hydrogen-bond donors (Lipinski definition) is 4. The Kier molecular flexibility index (Phi) is 5.38. The molecule has 3 aromatic rings. The fourth-order valence-electron chi connectivity index (χ4n) is 3.28. The summed E-state index contributed by atoms with van der Waals surface area (Å²) in [6.45, 7) is 8.45. The number of fused-ring (bicyclic) bond motifs is 1. The maximum atomic E-state index is 11.6. The molecule has 0 aliphatic rings. The maximum absolute atomic E-state index is 11.6. The highest BCUT2D eigenvalue weighted by Crippen LogP contribution is 2.40. The monoisotopic (exact) mass is 398 g/mol. The van der Waals surface area contributed by atoms with Gasteiger partial charge in [0, 0.05) is 21.0 Å². The van der Waals surface area contributed by atoms with Gasteiger partial charge in [-0.25, -0.2) is 4.79 Å². The minimum absolute atomic E-state index is 0.305. The molecular weight excluding hydrogens is 372 g/mol. The van der Waals surface area contributed by atoms with Crippen LogP contribution in [0.1, 0.15) is 31.2 Å². The summed E-state index contributed by atoms with van der Waals surface area (Å²) in [6.07, 6.45) is -0.518. The SMILES string of the molecule is CCOC(=O)Nc1ccc(NC(C)(C)c2sc3ccc(N)cc3c2C)cc1N. The van der Waals surface area contributed by atoms with Gasteiger partial charge in [0.05, 0.1) is 23.5 Å². The van der Waals surface area contributed by atoms with Crippen LogP contribution in [0.3, 0.4) is 0 Å². The summed E-state index contributed by atoms with van der Waals surface area (Å²) in [6, 6.07) is 11.5. The fraction of sp³-hybridized carbons (Fsp3) is 0.286. The Hall–Kier alpha value is -2.93. The van der Waals surface area contributed by atoms with E-state index in [1.165, 1.54) is 20.5 Å². The molecule has 0 fully saturated rings. The van der Waals surface area contributed by atoms with Crippen LogP contribution in [0.2, 0.25) is 0 Å². The number of aryl methyl sites for hydroxylation is 1. The second-order valence-corrected chi connectivity index (χ2v) is 8.26. The highest BCUT2D eigenvalue weighted by atomic mass is 32.1. The molecular formula is C21H26N4O2S. The van der Waals surface area contributed by atoms with E-state index in [1.807, 2.05) is 24.3 Å². The van der Waals surface area contributed by atoms with Crippen molar-refractivity contribution in [1.82, 2.24) is 0 Å². The van der Waals surface area contributed by atoms with Crippen LogP contribution in [-0.2, 0) is 10.3 Å². The Labute approximate surface area is 168 Å². The highest BCUT2D eigenvalue weighted by molar-refractivity contribution is 7.19. The average molecular weight is 399 g/mol. The van der Waals surface area contributed by atoms with Crippen LogP contribution in [0, 0.1) is 6.92 Å². The van der Waals surface area contributed by atoms with E-state index in [0.29, 0.717) is 18.0 Å². The number of benzene rings is 2. The molecule has 0 spiro atoms. The van der Waals surface area contributed by atoms with Crippen LogP contribution in [0.25, 0.3) is 10.1 Å². The summed E-state index contributed by atoms with van der Waals surface area (Å²) >= 11 is 1.76. The zero-order chi connectivity index (χ0) is 20.5. The molecule has 2 aromatic carbocycles. The quantitative estimate of drug-likeness (QED) is 0.437. The Bertz CT molecular complexity index is 1030. The van der Waals surface area contributed by atoms with Gasteiger partial charge in [0.1, 0.15) is 0 Å². The van der Waals surface area contributed by atoms with E-state index in [0.717, 1.165) is 11.4 Å². The van der Waals surface area contributed by atoms with Gasteiger partial charge in [-0.1, -0.05) is 0 Å². The molecule has 0 saturated heterocycles. The van der Waals surface area contributed by atoms with Crippen molar-refractivity contribution in [2.45, 2.75) is 33.2 Å². The van der Waals surface area contributed by atoms with Crippen molar-refractivity contribution in [3.8, 4) is 0 Å². The second-order valence-electron chi connectivity index (χ2n) is 7.21. The number of nitrogens with two attached hydrogens (primary N) is 2. The molecule has 1 amide bonds. The number of anilines is 4. The summed E-state index contributed by atoms with van der Waals surface area (Å²) in [5.41, 5.74) is 15.6. The molecule has 0 radical (unpaired) electrons. The van der Waals surface area contributed by atoms with Crippen molar-refractivity contribution < 1.29 is 9.53 Å². The summed E-state index contributed by atoms with van der Waals surface area (Å²) in [5.74, 6) is 0. The molecule has 0 unspecified atom stereocenters. The van der Waals surface area contributed by atoms with Gasteiger partial charge in [0.2, 0.25) is 0 Å². The zero-order valence-corrected chi connectivity index (χ0v) is 17.4. The predicted octanol–water partition coefficient (Wildman–Crippen LogP) is 5.29. The van der Waals surface area contributed by atoms with Crippen LogP contribution in [-0.4, -0.2) is 12.7 Å². The van der Waals surface area contributed by atoms with Gasteiger partial charge in [0.25, 0.3) is 0 Å². The van der Waals surface area contributed by atoms with Gasteiger partial charge in [-0.05, 0) is 75.0 Å². The molecule has 0 aliphatic heterocycles. The summed E-state index contributed by atoms with van der Waals surface area (Å²) < 4.78 is 6.10. The molecule has 0 aliphatic carbocycles. The third kappa shape index (κ3) is 3.99. The number of ether oxygens (including phenoxy) is 1. The molecule has 148 valence electrons. The molecule has 3 rings (SSSR count). The van der Waals surface area contributed by atoms with Crippen LogP contribution in [0.15, 0.2) is 36.4 Å². The van der Waals surface area contributed by atoms with E-state index in [2.05, 4.69) is 37.5 Å². The zero-order valence-electron chi connectivity index (χ0n) is 16.6. The van der Waals surface area contributed by atoms with Gasteiger partial charge < -0.3 is 21.5 Å². The van der Waals surface area contributed by atoms with Gasteiger partial charge in [-0.15, -0.1) is 11.3 Å². The van der Waals surface area contributed by atoms with Gasteiger partial charge in [-0.3, -0.25) is 5.32 Å².